The summed E-state index contributed by atoms with van der Waals surface area (Å²) in [7, 11) is 2.90. The van der Waals surface area contributed by atoms with E-state index < -0.39 is 4.92 Å². The molecule has 2 rings (SSSR count). The van der Waals surface area contributed by atoms with Gasteiger partial charge in [0.1, 0.15) is 11.6 Å². The van der Waals surface area contributed by atoms with Crippen LogP contribution in [0.5, 0.6) is 11.6 Å². The van der Waals surface area contributed by atoms with Gasteiger partial charge in [-0.2, -0.15) is 4.98 Å². The van der Waals surface area contributed by atoms with Crippen molar-refractivity contribution in [3.8, 4) is 11.6 Å². The normalized spacial score (nSPS) is 10.1. The highest BCUT2D eigenvalue weighted by Crippen LogP contribution is 2.32. The fraction of sp³-hybridized carbons (Fsp3) is 0.286. The average Bonchev–Trinajstić information content (AvgIpc) is 2.51. The minimum absolute atomic E-state index is 0.0694. The minimum atomic E-state index is -0.567. The molecule has 1 heterocycles. The number of benzene rings is 1. The Balaban J connectivity index is 2.33. The van der Waals surface area contributed by atoms with Gasteiger partial charge in [0.15, 0.2) is 0 Å². The maximum Gasteiger partial charge on any atom is 0.372 e. The first kappa shape index (κ1) is 15.5. The van der Waals surface area contributed by atoms with Gasteiger partial charge in [0.25, 0.3) is 5.88 Å². The molecule has 0 aliphatic rings. The van der Waals surface area contributed by atoms with Crippen molar-refractivity contribution in [2.24, 2.45) is 0 Å². The van der Waals surface area contributed by atoms with Gasteiger partial charge in [-0.1, -0.05) is 18.2 Å². The number of nitrogens with one attached hydrogen (secondary N) is 1. The second-order valence-corrected chi connectivity index (χ2v) is 4.40. The van der Waals surface area contributed by atoms with Crippen LogP contribution >= 0.6 is 0 Å². The molecule has 0 spiro atoms. The summed E-state index contributed by atoms with van der Waals surface area (Å²) in [5.74, 6) is 1.11. The van der Waals surface area contributed by atoms with E-state index in [0.29, 0.717) is 18.1 Å². The van der Waals surface area contributed by atoms with Crippen molar-refractivity contribution in [1.29, 1.82) is 0 Å². The van der Waals surface area contributed by atoms with Crippen LogP contribution in [0.1, 0.15) is 11.4 Å². The summed E-state index contributed by atoms with van der Waals surface area (Å²) in [6, 6.07) is 7.39. The Hall–Kier alpha value is -2.90. The Labute approximate surface area is 127 Å². The molecule has 0 radical (unpaired) electrons. The predicted octanol–water partition coefficient (Wildman–Crippen LogP) is 2.32. The molecule has 1 aromatic carbocycles. The van der Waals surface area contributed by atoms with E-state index in [4.69, 9.17) is 9.47 Å². The van der Waals surface area contributed by atoms with Gasteiger partial charge in [0.2, 0.25) is 5.82 Å². The van der Waals surface area contributed by atoms with Crippen LogP contribution in [0, 0.1) is 17.0 Å². The van der Waals surface area contributed by atoms with Gasteiger partial charge in [0.05, 0.1) is 19.1 Å². The SMILES string of the molecule is COc1ccccc1CNc1nc(C)nc(OC)c1[N+](=O)[O-]. The first-order valence-electron chi connectivity index (χ1n) is 6.49. The smallest absolute Gasteiger partial charge is 0.372 e. The van der Waals surface area contributed by atoms with Crippen molar-refractivity contribution in [2.45, 2.75) is 13.5 Å². The lowest BCUT2D eigenvalue weighted by molar-refractivity contribution is -0.385. The molecule has 2 aromatic rings. The molecule has 116 valence electrons. The molecule has 0 bridgehead atoms. The van der Waals surface area contributed by atoms with E-state index in [9.17, 15) is 10.1 Å². The van der Waals surface area contributed by atoms with Gasteiger partial charge in [-0.3, -0.25) is 10.1 Å². The van der Waals surface area contributed by atoms with Crippen LogP contribution in [0.15, 0.2) is 24.3 Å². The number of nitrogens with zero attached hydrogens (tertiary/aromatic N) is 3. The van der Waals surface area contributed by atoms with Crippen molar-refractivity contribution >= 4 is 11.5 Å². The predicted molar refractivity (Wildman–Crippen MR) is 80.3 cm³/mol. The molecule has 1 N–H and O–H groups in total. The average molecular weight is 304 g/mol. The molecule has 0 aliphatic carbocycles. The molecule has 0 atom stereocenters. The van der Waals surface area contributed by atoms with E-state index in [-0.39, 0.29) is 17.4 Å². The number of aryl methyl sites for hydroxylation is 1. The first-order chi connectivity index (χ1) is 10.6. The fourth-order valence-electron chi connectivity index (χ4n) is 2.00. The lowest BCUT2D eigenvalue weighted by Gasteiger charge is -2.11. The number of rotatable bonds is 6. The third-order valence-corrected chi connectivity index (χ3v) is 2.98. The third-order valence-electron chi connectivity index (χ3n) is 2.98. The van der Waals surface area contributed by atoms with Crippen molar-refractivity contribution in [1.82, 2.24) is 9.97 Å². The first-order valence-corrected chi connectivity index (χ1v) is 6.49. The van der Waals surface area contributed by atoms with E-state index in [1.54, 1.807) is 14.0 Å². The number of ether oxygens (including phenoxy) is 2. The quantitative estimate of drug-likeness (QED) is 0.645. The summed E-state index contributed by atoms with van der Waals surface area (Å²) in [4.78, 5) is 18.7. The Kier molecular flexibility index (Phi) is 4.72. The standard InChI is InChI=1S/C14H16N4O4/c1-9-16-13(12(18(19)20)14(17-9)22-3)15-8-10-6-4-5-7-11(10)21-2/h4-7H,8H2,1-3H3,(H,15,16,17). The highest BCUT2D eigenvalue weighted by molar-refractivity contribution is 5.62. The summed E-state index contributed by atoms with van der Waals surface area (Å²) < 4.78 is 10.2. The summed E-state index contributed by atoms with van der Waals surface area (Å²) in [6.07, 6.45) is 0. The molecule has 22 heavy (non-hydrogen) atoms. The largest absolute Gasteiger partial charge is 0.496 e. The second kappa shape index (κ2) is 6.70. The molecule has 0 aliphatic heterocycles. The fourth-order valence-corrected chi connectivity index (χ4v) is 2.00. The number of anilines is 1. The minimum Gasteiger partial charge on any atom is -0.496 e. The molecule has 8 heteroatoms. The maximum atomic E-state index is 11.2. The van der Waals surface area contributed by atoms with Crippen LogP contribution in [0.3, 0.4) is 0 Å². The number of para-hydroxylation sites is 1. The number of hydrogen-bond acceptors (Lipinski definition) is 7. The van der Waals surface area contributed by atoms with Crippen LogP contribution in [0.25, 0.3) is 0 Å². The lowest BCUT2D eigenvalue weighted by atomic mass is 10.2. The Bertz CT molecular complexity index is 691. The maximum absolute atomic E-state index is 11.2. The van der Waals surface area contributed by atoms with Crippen LogP contribution in [-0.4, -0.2) is 29.1 Å². The highest BCUT2D eigenvalue weighted by Gasteiger charge is 2.25. The topological polar surface area (TPSA) is 99.4 Å². The van der Waals surface area contributed by atoms with Crippen LogP contribution in [-0.2, 0) is 6.54 Å². The molecule has 1 aromatic heterocycles. The molecule has 0 saturated heterocycles. The zero-order valence-electron chi connectivity index (χ0n) is 12.5. The Morgan fingerprint density at radius 2 is 1.95 bits per heavy atom. The van der Waals surface area contributed by atoms with Crippen molar-refractivity contribution in [3.63, 3.8) is 0 Å². The zero-order valence-corrected chi connectivity index (χ0v) is 12.5. The molecular formula is C14H16N4O4. The molecule has 8 nitrogen and oxygen atoms in total. The number of nitro groups is 1. The molecule has 0 amide bonds. The van der Waals surface area contributed by atoms with Crippen molar-refractivity contribution in [3.05, 3.63) is 45.8 Å². The number of methoxy groups -OCH3 is 2. The van der Waals surface area contributed by atoms with Gasteiger partial charge >= 0.3 is 5.69 Å². The van der Waals surface area contributed by atoms with Crippen molar-refractivity contribution in [2.75, 3.05) is 19.5 Å². The number of hydrogen-bond donors (Lipinski definition) is 1. The van der Waals surface area contributed by atoms with Crippen LogP contribution < -0.4 is 14.8 Å². The van der Waals surface area contributed by atoms with Gasteiger partial charge in [-0.05, 0) is 13.0 Å². The number of aromatic nitrogens is 2. The van der Waals surface area contributed by atoms with Gasteiger partial charge in [-0.15, -0.1) is 0 Å². The van der Waals surface area contributed by atoms with Gasteiger partial charge in [-0.25, -0.2) is 4.98 Å². The van der Waals surface area contributed by atoms with E-state index >= 15 is 0 Å². The van der Waals surface area contributed by atoms with E-state index in [0.717, 1.165) is 5.56 Å². The van der Waals surface area contributed by atoms with E-state index in [1.165, 1.54) is 7.11 Å². The molecule has 0 saturated carbocycles. The Morgan fingerprint density at radius 1 is 1.23 bits per heavy atom. The summed E-state index contributed by atoms with van der Waals surface area (Å²) in [5, 5.41) is 14.2. The van der Waals surface area contributed by atoms with E-state index in [2.05, 4.69) is 15.3 Å². The monoisotopic (exact) mass is 304 g/mol. The van der Waals surface area contributed by atoms with Gasteiger partial charge < -0.3 is 14.8 Å². The lowest BCUT2D eigenvalue weighted by Crippen LogP contribution is -2.09. The molecule has 0 unspecified atom stereocenters. The molecular weight excluding hydrogens is 288 g/mol. The highest BCUT2D eigenvalue weighted by atomic mass is 16.6. The van der Waals surface area contributed by atoms with Crippen LogP contribution in [0.4, 0.5) is 11.5 Å². The summed E-state index contributed by atoms with van der Waals surface area (Å²) >= 11 is 0. The molecule has 0 fully saturated rings. The summed E-state index contributed by atoms with van der Waals surface area (Å²) in [6.45, 7) is 1.96. The third kappa shape index (κ3) is 3.22. The Morgan fingerprint density at radius 3 is 2.59 bits per heavy atom. The van der Waals surface area contributed by atoms with Crippen molar-refractivity contribution < 1.29 is 14.4 Å². The zero-order chi connectivity index (χ0) is 16.1. The van der Waals surface area contributed by atoms with Gasteiger partial charge in [0, 0.05) is 12.1 Å². The van der Waals surface area contributed by atoms with E-state index in [1.807, 2.05) is 24.3 Å². The van der Waals surface area contributed by atoms with Crippen LogP contribution in [0.2, 0.25) is 0 Å². The summed E-state index contributed by atoms with van der Waals surface area (Å²) in [5.41, 5.74) is 0.567. The second-order valence-electron chi connectivity index (χ2n) is 4.40.